The molecule has 4 rings (SSSR count). The molecule has 2 heterocycles. The van der Waals surface area contributed by atoms with E-state index in [1.54, 1.807) is 23.9 Å². The number of morpholine rings is 1. The maximum atomic E-state index is 13.6. The van der Waals surface area contributed by atoms with E-state index in [9.17, 15) is 4.39 Å². The van der Waals surface area contributed by atoms with Gasteiger partial charge < -0.3 is 9.72 Å². The number of ether oxygens (including phenoxy) is 1. The lowest BCUT2D eigenvalue weighted by Crippen LogP contribution is -2.35. The fourth-order valence-electron chi connectivity index (χ4n) is 3.00. The number of nitrogens with one attached hydrogen (secondary N) is 1. The van der Waals surface area contributed by atoms with Crippen LogP contribution in [0.2, 0.25) is 0 Å². The Morgan fingerprint density at radius 1 is 1.08 bits per heavy atom. The van der Waals surface area contributed by atoms with Gasteiger partial charge in [-0.25, -0.2) is 4.39 Å². The summed E-state index contributed by atoms with van der Waals surface area (Å²) in [5.41, 5.74) is 2.26. The van der Waals surface area contributed by atoms with Crippen molar-refractivity contribution < 1.29 is 9.13 Å². The fraction of sp³-hybridized carbons (Fsp3) is 0.263. The van der Waals surface area contributed by atoms with Gasteiger partial charge in [-0.15, -0.1) is 0 Å². The van der Waals surface area contributed by atoms with Gasteiger partial charge in [0.1, 0.15) is 5.82 Å². The van der Waals surface area contributed by atoms with Crippen LogP contribution in [-0.2, 0) is 11.3 Å². The number of fused-ring (bicyclic) bond motifs is 1. The molecule has 1 aromatic heterocycles. The molecule has 0 atom stereocenters. The highest BCUT2D eigenvalue weighted by Gasteiger charge is 2.14. The second kappa shape index (κ2) is 6.97. The van der Waals surface area contributed by atoms with Gasteiger partial charge in [0.15, 0.2) is 0 Å². The first-order valence-electron chi connectivity index (χ1n) is 8.12. The number of benzene rings is 2. The summed E-state index contributed by atoms with van der Waals surface area (Å²) in [4.78, 5) is 7.91. The molecule has 0 bridgehead atoms. The van der Waals surface area contributed by atoms with Crippen LogP contribution in [-0.4, -0.2) is 36.2 Å². The third-order valence-electron chi connectivity index (χ3n) is 4.30. The molecule has 0 unspecified atom stereocenters. The summed E-state index contributed by atoms with van der Waals surface area (Å²) in [5.74, 6) is -0.203. The normalized spacial score (nSPS) is 15.9. The van der Waals surface area contributed by atoms with E-state index in [1.165, 1.54) is 16.5 Å². The maximum absolute atomic E-state index is 13.6. The number of halogens is 1. The molecule has 3 aromatic rings. The number of aromatic amines is 1. The maximum Gasteiger partial charge on any atom is 0.123 e. The average Bonchev–Trinajstić information content (AvgIpc) is 3.00. The standard InChI is InChI=1S/C19H19FN2OS/c20-15-5-6-17-16(11-15)19(12-21-17)24-18-4-2-1-3-14(18)13-22-7-9-23-10-8-22/h1-6,11-12,21H,7-10,13H2. The van der Waals surface area contributed by atoms with Crippen LogP contribution >= 0.6 is 11.8 Å². The lowest BCUT2D eigenvalue weighted by molar-refractivity contribution is 0.0338. The van der Waals surface area contributed by atoms with Crippen molar-refractivity contribution in [2.75, 3.05) is 26.3 Å². The minimum atomic E-state index is -0.203. The summed E-state index contributed by atoms with van der Waals surface area (Å²) < 4.78 is 19.0. The smallest absolute Gasteiger partial charge is 0.123 e. The lowest BCUT2D eigenvalue weighted by Gasteiger charge is -2.27. The SMILES string of the molecule is Fc1ccc2[nH]cc(Sc3ccccc3CN3CCOCC3)c2c1. The zero-order chi connectivity index (χ0) is 16.4. The van der Waals surface area contributed by atoms with Crippen molar-refractivity contribution in [1.29, 1.82) is 0 Å². The number of aromatic nitrogens is 1. The molecule has 1 saturated heterocycles. The zero-order valence-corrected chi connectivity index (χ0v) is 14.1. The molecule has 0 saturated carbocycles. The molecule has 124 valence electrons. The van der Waals surface area contributed by atoms with Crippen molar-refractivity contribution >= 4 is 22.7 Å². The topological polar surface area (TPSA) is 28.3 Å². The Morgan fingerprint density at radius 3 is 2.79 bits per heavy atom. The van der Waals surface area contributed by atoms with Crippen LogP contribution < -0.4 is 0 Å². The molecule has 0 aliphatic carbocycles. The molecule has 0 spiro atoms. The van der Waals surface area contributed by atoms with Gasteiger partial charge in [0.25, 0.3) is 0 Å². The summed E-state index contributed by atoms with van der Waals surface area (Å²) in [6.45, 7) is 4.46. The van der Waals surface area contributed by atoms with Crippen LogP contribution in [0.15, 0.2) is 58.5 Å². The highest BCUT2D eigenvalue weighted by atomic mass is 32.2. The van der Waals surface area contributed by atoms with Gasteiger partial charge in [0, 0.05) is 46.5 Å². The van der Waals surface area contributed by atoms with Crippen molar-refractivity contribution in [1.82, 2.24) is 9.88 Å². The monoisotopic (exact) mass is 342 g/mol. The van der Waals surface area contributed by atoms with Gasteiger partial charge in [-0.1, -0.05) is 30.0 Å². The van der Waals surface area contributed by atoms with E-state index >= 15 is 0 Å². The van der Waals surface area contributed by atoms with Crippen molar-refractivity contribution in [2.24, 2.45) is 0 Å². The summed E-state index contributed by atoms with van der Waals surface area (Å²) in [6.07, 6.45) is 1.96. The van der Waals surface area contributed by atoms with E-state index < -0.39 is 0 Å². The minimum Gasteiger partial charge on any atom is -0.379 e. The Kier molecular flexibility index (Phi) is 4.56. The largest absolute Gasteiger partial charge is 0.379 e. The third-order valence-corrected chi connectivity index (χ3v) is 5.47. The Balaban J connectivity index is 1.60. The van der Waals surface area contributed by atoms with Crippen LogP contribution in [0.5, 0.6) is 0 Å². The summed E-state index contributed by atoms with van der Waals surface area (Å²) in [7, 11) is 0. The molecule has 2 aromatic carbocycles. The van der Waals surface area contributed by atoms with Crippen LogP contribution in [0.4, 0.5) is 4.39 Å². The highest BCUT2D eigenvalue weighted by molar-refractivity contribution is 7.99. The van der Waals surface area contributed by atoms with Gasteiger partial charge in [-0.2, -0.15) is 0 Å². The summed E-state index contributed by atoms with van der Waals surface area (Å²) in [6, 6.07) is 13.3. The number of hydrogen-bond donors (Lipinski definition) is 1. The first kappa shape index (κ1) is 15.7. The summed E-state index contributed by atoms with van der Waals surface area (Å²) in [5, 5.41) is 0.932. The van der Waals surface area contributed by atoms with Gasteiger partial charge >= 0.3 is 0 Å². The molecule has 0 radical (unpaired) electrons. The average molecular weight is 342 g/mol. The predicted octanol–water partition coefficient (Wildman–Crippen LogP) is 4.29. The van der Waals surface area contributed by atoms with E-state index in [1.807, 2.05) is 6.20 Å². The van der Waals surface area contributed by atoms with Gasteiger partial charge in [0.2, 0.25) is 0 Å². The van der Waals surface area contributed by atoms with Crippen LogP contribution in [0.3, 0.4) is 0 Å². The molecule has 0 amide bonds. The van der Waals surface area contributed by atoms with Crippen LogP contribution in [0.25, 0.3) is 10.9 Å². The number of nitrogens with zero attached hydrogens (tertiary/aromatic N) is 1. The van der Waals surface area contributed by atoms with E-state index in [4.69, 9.17) is 4.74 Å². The van der Waals surface area contributed by atoms with Crippen molar-refractivity contribution in [3.8, 4) is 0 Å². The molecule has 1 aliphatic heterocycles. The molecule has 24 heavy (non-hydrogen) atoms. The quantitative estimate of drug-likeness (QED) is 0.767. The molecule has 1 aliphatic rings. The first-order valence-corrected chi connectivity index (χ1v) is 8.94. The molecular weight excluding hydrogens is 323 g/mol. The Hall–Kier alpha value is -1.82. The van der Waals surface area contributed by atoms with Crippen molar-refractivity contribution in [3.05, 3.63) is 60.0 Å². The van der Waals surface area contributed by atoms with Gasteiger partial charge in [-0.05, 0) is 29.8 Å². The Morgan fingerprint density at radius 2 is 1.92 bits per heavy atom. The summed E-state index contributed by atoms with van der Waals surface area (Å²) >= 11 is 1.69. The Labute approximate surface area is 144 Å². The van der Waals surface area contributed by atoms with Gasteiger partial charge in [-0.3, -0.25) is 4.90 Å². The molecular formula is C19H19FN2OS. The van der Waals surface area contributed by atoms with Gasteiger partial charge in [0.05, 0.1) is 13.2 Å². The van der Waals surface area contributed by atoms with E-state index in [0.717, 1.165) is 48.6 Å². The van der Waals surface area contributed by atoms with Crippen LogP contribution in [0.1, 0.15) is 5.56 Å². The zero-order valence-electron chi connectivity index (χ0n) is 13.3. The van der Waals surface area contributed by atoms with Crippen molar-refractivity contribution in [3.63, 3.8) is 0 Å². The highest BCUT2D eigenvalue weighted by Crippen LogP contribution is 2.36. The molecule has 1 fully saturated rings. The van der Waals surface area contributed by atoms with E-state index in [2.05, 4.69) is 34.1 Å². The number of H-pyrrole nitrogens is 1. The van der Waals surface area contributed by atoms with Crippen LogP contribution in [0, 0.1) is 5.82 Å². The Bertz CT molecular complexity index is 842. The third kappa shape index (κ3) is 3.34. The number of hydrogen-bond acceptors (Lipinski definition) is 3. The number of rotatable bonds is 4. The van der Waals surface area contributed by atoms with E-state index in [0.29, 0.717) is 0 Å². The molecule has 1 N–H and O–H groups in total. The molecule has 5 heteroatoms. The second-order valence-corrected chi connectivity index (χ2v) is 7.02. The predicted molar refractivity (Wildman–Crippen MR) is 94.9 cm³/mol. The van der Waals surface area contributed by atoms with E-state index in [-0.39, 0.29) is 5.82 Å². The fourth-order valence-corrected chi connectivity index (χ4v) is 4.05. The molecule has 3 nitrogen and oxygen atoms in total. The second-order valence-electron chi connectivity index (χ2n) is 5.94. The first-order chi connectivity index (χ1) is 11.8. The minimum absolute atomic E-state index is 0.203. The van der Waals surface area contributed by atoms with Crippen molar-refractivity contribution in [2.45, 2.75) is 16.3 Å². The lowest BCUT2D eigenvalue weighted by atomic mass is 10.2.